The van der Waals surface area contributed by atoms with Gasteiger partial charge in [0, 0.05) is 0 Å². The van der Waals surface area contributed by atoms with E-state index >= 15 is 0 Å². The van der Waals surface area contributed by atoms with Crippen molar-refractivity contribution in [2.75, 3.05) is 5.32 Å². The highest BCUT2D eigenvalue weighted by Crippen LogP contribution is 2.53. The van der Waals surface area contributed by atoms with Crippen LogP contribution < -0.4 is 5.32 Å². The van der Waals surface area contributed by atoms with Crippen molar-refractivity contribution in [2.45, 2.75) is 23.9 Å². The summed E-state index contributed by atoms with van der Waals surface area (Å²) in [6.07, 6.45) is -7.30. The van der Waals surface area contributed by atoms with Crippen LogP contribution in [0.5, 0.6) is 0 Å². The average Bonchev–Trinajstić information content (AvgIpc) is 2.53. The van der Waals surface area contributed by atoms with Crippen molar-refractivity contribution in [2.24, 2.45) is 0 Å². The molecule has 0 bridgehead atoms. The first kappa shape index (κ1) is 22.8. The van der Waals surface area contributed by atoms with Gasteiger partial charge in [-0.15, -0.1) is 0 Å². The van der Waals surface area contributed by atoms with E-state index in [-0.39, 0.29) is 5.32 Å². The second-order valence-electron chi connectivity index (χ2n) is 4.62. The zero-order valence-electron chi connectivity index (χ0n) is 11.7. The highest BCUT2D eigenvalue weighted by molar-refractivity contribution is 5.97. The van der Waals surface area contributed by atoms with Crippen molar-refractivity contribution in [1.29, 1.82) is 0 Å². The Morgan fingerprint density at radius 1 is 0.593 bits per heavy atom. The average molecular weight is 429 g/mol. The van der Waals surface area contributed by atoms with Gasteiger partial charge < -0.3 is 5.32 Å². The van der Waals surface area contributed by atoms with Gasteiger partial charge in [-0.2, -0.15) is 39.5 Å². The Bertz CT molecular complexity index is 738. The normalized spacial score (nSPS) is 13.7. The summed E-state index contributed by atoms with van der Waals surface area (Å²) in [6.45, 7) is 0. The van der Waals surface area contributed by atoms with Crippen molar-refractivity contribution in [3.63, 3.8) is 0 Å². The predicted octanol–water partition coefficient (Wildman–Crippen LogP) is 4.79. The Kier molecular flexibility index (Phi) is 5.39. The van der Waals surface area contributed by atoms with E-state index in [9.17, 15) is 66.3 Å². The maximum atomic E-state index is 13.2. The van der Waals surface area contributed by atoms with Crippen LogP contribution in [-0.2, 0) is 4.79 Å². The third kappa shape index (κ3) is 3.24. The smallest absolute Gasteiger partial charge is 0.315 e. The summed E-state index contributed by atoms with van der Waals surface area (Å²) in [5.74, 6) is -40.6. The third-order valence-corrected chi connectivity index (χ3v) is 2.88. The SMILES string of the molecule is O=C(Nc1c(F)c(F)c(F)c(F)c1F)C(F)(F)C(F)(F)C(F)(F)C(F)(F)F. The van der Waals surface area contributed by atoms with Crippen LogP contribution in [-0.4, -0.2) is 29.9 Å². The molecule has 1 N–H and O–H groups in total. The molecule has 0 radical (unpaired) electrons. The maximum Gasteiger partial charge on any atom is 0.460 e. The van der Waals surface area contributed by atoms with Crippen molar-refractivity contribution in [3.05, 3.63) is 29.1 Å². The molecular weight excluding hydrogens is 428 g/mol. The summed E-state index contributed by atoms with van der Waals surface area (Å²) < 4.78 is 178. The number of hydrogen-bond donors (Lipinski definition) is 1. The number of benzene rings is 1. The first-order valence-corrected chi connectivity index (χ1v) is 5.85. The quantitative estimate of drug-likeness (QED) is 0.417. The van der Waals surface area contributed by atoms with Crippen LogP contribution in [0.15, 0.2) is 0 Å². The predicted molar refractivity (Wildman–Crippen MR) is 55.8 cm³/mol. The van der Waals surface area contributed by atoms with E-state index in [1.54, 1.807) is 0 Å². The molecule has 1 rings (SSSR count). The molecule has 0 unspecified atom stereocenters. The minimum atomic E-state index is -7.52. The van der Waals surface area contributed by atoms with Gasteiger partial charge in [-0.05, 0) is 0 Å². The van der Waals surface area contributed by atoms with E-state index < -0.39 is 64.6 Å². The molecule has 1 aromatic carbocycles. The molecule has 2 nitrogen and oxygen atoms in total. The van der Waals surface area contributed by atoms with Crippen LogP contribution >= 0.6 is 0 Å². The molecule has 0 aliphatic rings. The number of hydrogen-bond acceptors (Lipinski definition) is 1. The van der Waals surface area contributed by atoms with E-state index in [0.29, 0.717) is 0 Å². The molecule has 1 amide bonds. The van der Waals surface area contributed by atoms with Gasteiger partial charge in [0.15, 0.2) is 23.3 Å². The molecule has 0 spiro atoms. The lowest BCUT2D eigenvalue weighted by Gasteiger charge is -2.32. The number of amides is 1. The molecule has 0 saturated heterocycles. The number of carbonyl (C=O) groups is 1. The molecule has 16 heteroatoms. The Hall–Kier alpha value is -2.29. The van der Waals surface area contributed by atoms with Crippen LogP contribution in [0.25, 0.3) is 0 Å². The summed E-state index contributed by atoms with van der Waals surface area (Å²) in [4.78, 5) is 11.0. The minimum absolute atomic E-state index is 0.00898. The third-order valence-electron chi connectivity index (χ3n) is 2.88. The fourth-order valence-electron chi connectivity index (χ4n) is 1.42. The molecule has 0 saturated carbocycles. The molecule has 0 heterocycles. The fourth-order valence-corrected chi connectivity index (χ4v) is 1.42. The van der Waals surface area contributed by atoms with Crippen molar-refractivity contribution in [3.8, 4) is 0 Å². The lowest BCUT2D eigenvalue weighted by molar-refractivity contribution is -0.388. The summed E-state index contributed by atoms with van der Waals surface area (Å²) in [7, 11) is 0. The van der Waals surface area contributed by atoms with Crippen molar-refractivity contribution >= 4 is 11.6 Å². The number of carbonyl (C=O) groups excluding carboxylic acids is 1. The van der Waals surface area contributed by atoms with Gasteiger partial charge in [0.05, 0.1) is 0 Å². The number of rotatable bonds is 4. The number of nitrogens with one attached hydrogen (secondary N) is 1. The first-order valence-electron chi connectivity index (χ1n) is 5.85. The number of anilines is 1. The summed E-state index contributed by atoms with van der Waals surface area (Å²) >= 11 is 0. The molecule has 0 atom stereocenters. The number of alkyl halides is 9. The monoisotopic (exact) mass is 429 g/mol. The molecule has 1 aromatic rings. The zero-order chi connectivity index (χ0) is 21.7. The summed E-state index contributed by atoms with van der Waals surface area (Å²) in [5.41, 5.74) is -2.68. The molecule has 0 aliphatic heterocycles. The van der Waals surface area contributed by atoms with E-state index in [1.165, 1.54) is 0 Å². The Labute approximate surface area is 137 Å². The highest BCUT2D eigenvalue weighted by Gasteiger charge is 2.83. The van der Waals surface area contributed by atoms with Crippen LogP contribution in [0.2, 0.25) is 0 Å². The molecule has 154 valence electrons. The van der Waals surface area contributed by atoms with Gasteiger partial charge in [-0.25, -0.2) is 22.0 Å². The second-order valence-corrected chi connectivity index (χ2v) is 4.62. The van der Waals surface area contributed by atoms with E-state index in [0.717, 1.165) is 0 Å². The lowest BCUT2D eigenvalue weighted by atomic mass is 10.0. The Morgan fingerprint density at radius 2 is 0.926 bits per heavy atom. The van der Waals surface area contributed by atoms with Crippen molar-refractivity contribution in [1.82, 2.24) is 0 Å². The molecule has 0 aromatic heterocycles. The number of halogens is 14. The molecule has 0 aliphatic carbocycles. The van der Waals surface area contributed by atoms with Gasteiger partial charge in [0.1, 0.15) is 5.69 Å². The van der Waals surface area contributed by atoms with E-state index in [2.05, 4.69) is 0 Å². The van der Waals surface area contributed by atoms with Crippen LogP contribution in [0, 0.1) is 29.1 Å². The lowest BCUT2D eigenvalue weighted by Crippen LogP contribution is -2.64. The first-order chi connectivity index (χ1) is 11.8. The van der Waals surface area contributed by atoms with Gasteiger partial charge in [0.2, 0.25) is 5.82 Å². The standard InChI is InChI=1S/C11HF14NO/c12-1-2(13)4(15)6(5(16)3(1)14)26-7(27)8(17,18)9(19,20)10(21,22)11(23,24)25/h(H,26,27). The summed E-state index contributed by atoms with van der Waals surface area (Å²) in [5, 5.41) is -0.00898. The molecule has 0 fully saturated rings. The van der Waals surface area contributed by atoms with Crippen LogP contribution in [0.4, 0.5) is 67.2 Å². The fraction of sp³-hybridized carbons (Fsp3) is 0.364. The van der Waals surface area contributed by atoms with Gasteiger partial charge in [0.25, 0.3) is 0 Å². The Morgan fingerprint density at radius 3 is 1.26 bits per heavy atom. The summed E-state index contributed by atoms with van der Waals surface area (Å²) in [6, 6.07) is 0. The van der Waals surface area contributed by atoms with Crippen molar-refractivity contribution < 1.29 is 66.3 Å². The molecular formula is C11HF14NO. The minimum Gasteiger partial charge on any atom is -0.315 e. The van der Waals surface area contributed by atoms with Gasteiger partial charge in [-0.1, -0.05) is 0 Å². The van der Waals surface area contributed by atoms with Gasteiger partial charge >= 0.3 is 29.9 Å². The second kappa shape index (κ2) is 6.40. The highest BCUT2D eigenvalue weighted by atomic mass is 19.4. The molecule has 27 heavy (non-hydrogen) atoms. The van der Waals surface area contributed by atoms with Crippen LogP contribution in [0.3, 0.4) is 0 Å². The van der Waals surface area contributed by atoms with E-state index in [4.69, 9.17) is 0 Å². The van der Waals surface area contributed by atoms with Crippen LogP contribution in [0.1, 0.15) is 0 Å². The Balaban J connectivity index is 3.43. The zero-order valence-corrected chi connectivity index (χ0v) is 11.7. The maximum absolute atomic E-state index is 13.2. The van der Waals surface area contributed by atoms with E-state index in [1.807, 2.05) is 0 Å². The topological polar surface area (TPSA) is 29.1 Å². The van der Waals surface area contributed by atoms with Gasteiger partial charge in [-0.3, -0.25) is 4.79 Å². The largest absolute Gasteiger partial charge is 0.460 e.